The van der Waals surface area contributed by atoms with Crippen molar-refractivity contribution in [2.24, 2.45) is 0 Å². The maximum atomic E-state index is 11.0. The minimum absolute atomic E-state index is 0.163. The standard InChI is InChI=1S/C10H12O2.C2H6/c1-2-12-10(11)8-9-6-4-3-5-7-9;1-2/h3-7H,2,8H2,1H3;1-2H3. The van der Waals surface area contributed by atoms with E-state index in [1.807, 2.05) is 51.1 Å². The van der Waals surface area contributed by atoms with Crippen LogP contribution in [0.5, 0.6) is 0 Å². The molecule has 0 amide bonds. The van der Waals surface area contributed by atoms with Gasteiger partial charge in [-0.25, -0.2) is 0 Å². The van der Waals surface area contributed by atoms with Crippen LogP contribution in [0.4, 0.5) is 0 Å². The fourth-order valence-electron chi connectivity index (χ4n) is 0.975. The predicted octanol–water partition coefficient (Wildman–Crippen LogP) is 2.82. The van der Waals surface area contributed by atoms with Crippen LogP contribution in [-0.2, 0) is 16.0 Å². The first-order chi connectivity index (χ1) is 6.83. The van der Waals surface area contributed by atoms with Gasteiger partial charge in [-0.3, -0.25) is 4.79 Å². The van der Waals surface area contributed by atoms with E-state index in [9.17, 15) is 4.79 Å². The Bertz CT molecular complexity index is 242. The normalized spacial score (nSPS) is 8.50. The average molecular weight is 194 g/mol. The van der Waals surface area contributed by atoms with E-state index in [1.54, 1.807) is 0 Å². The van der Waals surface area contributed by atoms with E-state index in [1.165, 1.54) is 0 Å². The number of benzene rings is 1. The molecule has 0 aromatic heterocycles. The Balaban J connectivity index is 0.000000791. The minimum Gasteiger partial charge on any atom is -0.466 e. The van der Waals surface area contributed by atoms with Gasteiger partial charge >= 0.3 is 5.97 Å². The highest BCUT2D eigenvalue weighted by atomic mass is 16.5. The number of rotatable bonds is 3. The number of carbonyl (C=O) groups excluding carboxylic acids is 1. The summed E-state index contributed by atoms with van der Waals surface area (Å²) in [5, 5.41) is 0. The summed E-state index contributed by atoms with van der Waals surface area (Å²) >= 11 is 0. The fraction of sp³-hybridized carbons (Fsp3) is 0.417. The van der Waals surface area contributed by atoms with Crippen LogP contribution >= 0.6 is 0 Å². The molecule has 1 rings (SSSR count). The first-order valence-electron chi connectivity index (χ1n) is 5.02. The van der Waals surface area contributed by atoms with Gasteiger partial charge < -0.3 is 4.74 Å². The molecule has 0 saturated heterocycles. The molecular weight excluding hydrogens is 176 g/mol. The average Bonchev–Trinajstić information content (AvgIpc) is 2.22. The summed E-state index contributed by atoms with van der Waals surface area (Å²) < 4.78 is 4.81. The van der Waals surface area contributed by atoms with Crippen LogP contribution < -0.4 is 0 Å². The van der Waals surface area contributed by atoms with Gasteiger partial charge in [0.05, 0.1) is 13.0 Å². The van der Waals surface area contributed by atoms with Gasteiger partial charge in [-0.2, -0.15) is 0 Å². The van der Waals surface area contributed by atoms with E-state index in [2.05, 4.69) is 0 Å². The Morgan fingerprint density at radius 3 is 2.29 bits per heavy atom. The van der Waals surface area contributed by atoms with Crippen molar-refractivity contribution in [3.63, 3.8) is 0 Å². The molecule has 0 aliphatic rings. The highest BCUT2D eigenvalue weighted by Gasteiger charge is 2.01. The molecule has 0 radical (unpaired) electrons. The molecule has 0 saturated carbocycles. The number of ether oxygens (including phenoxy) is 1. The Morgan fingerprint density at radius 2 is 1.79 bits per heavy atom. The second-order valence-corrected chi connectivity index (χ2v) is 2.47. The van der Waals surface area contributed by atoms with Gasteiger partial charge in [0.1, 0.15) is 0 Å². The first kappa shape index (κ1) is 12.7. The van der Waals surface area contributed by atoms with Gasteiger partial charge in [0.25, 0.3) is 0 Å². The molecule has 1 aromatic rings. The number of esters is 1. The monoisotopic (exact) mass is 194 g/mol. The molecular formula is C12H18O2. The van der Waals surface area contributed by atoms with E-state index < -0.39 is 0 Å². The van der Waals surface area contributed by atoms with E-state index in [0.717, 1.165) is 5.56 Å². The van der Waals surface area contributed by atoms with Crippen molar-refractivity contribution < 1.29 is 9.53 Å². The molecule has 0 bridgehead atoms. The molecule has 0 fully saturated rings. The van der Waals surface area contributed by atoms with E-state index >= 15 is 0 Å². The van der Waals surface area contributed by atoms with Crippen molar-refractivity contribution in [2.75, 3.05) is 6.61 Å². The zero-order chi connectivity index (χ0) is 10.8. The number of carbonyl (C=O) groups is 1. The topological polar surface area (TPSA) is 26.3 Å². The predicted molar refractivity (Wildman–Crippen MR) is 58.1 cm³/mol. The third kappa shape index (κ3) is 5.36. The van der Waals surface area contributed by atoms with Crippen LogP contribution in [0.1, 0.15) is 26.3 Å². The van der Waals surface area contributed by atoms with Crippen LogP contribution in [0, 0.1) is 0 Å². The zero-order valence-electron chi connectivity index (χ0n) is 9.12. The van der Waals surface area contributed by atoms with Gasteiger partial charge in [0.2, 0.25) is 0 Å². The number of hydrogen-bond acceptors (Lipinski definition) is 2. The summed E-state index contributed by atoms with van der Waals surface area (Å²) in [6, 6.07) is 9.58. The minimum atomic E-state index is -0.163. The van der Waals surface area contributed by atoms with Crippen LogP contribution in [-0.4, -0.2) is 12.6 Å². The summed E-state index contributed by atoms with van der Waals surface area (Å²) in [4.78, 5) is 11.0. The maximum Gasteiger partial charge on any atom is 0.310 e. The van der Waals surface area contributed by atoms with Crippen LogP contribution in [0.3, 0.4) is 0 Å². The van der Waals surface area contributed by atoms with Crippen LogP contribution in [0.15, 0.2) is 30.3 Å². The molecule has 0 spiro atoms. The Labute approximate surface area is 85.9 Å². The summed E-state index contributed by atoms with van der Waals surface area (Å²) in [6.07, 6.45) is 0.370. The molecule has 0 heterocycles. The molecule has 14 heavy (non-hydrogen) atoms. The number of hydrogen-bond donors (Lipinski definition) is 0. The lowest BCUT2D eigenvalue weighted by molar-refractivity contribution is -0.142. The SMILES string of the molecule is CC.CCOC(=O)Cc1ccccc1. The molecule has 0 aliphatic heterocycles. The quantitative estimate of drug-likeness (QED) is 0.692. The molecule has 78 valence electrons. The highest BCUT2D eigenvalue weighted by Crippen LogP contribution is 2.00. The van der Waals surface area contributed by atoms with Crippen molar-refractivity contribution in [1.82, 2.24) is 0 Å². The van der Waals surface area contributed by atoms with Crippen molar-refractivity contribution in [3.05, 3.63) is 35.9 Å². The second-order valence-electron chi connectivity index (χ2n) is 2.47. The molecule has 1 aromatic carbocycles. The lowest BCUT2D eigenvalue weighted by atomic mass is 10.2. The third-order valence-electron chi connectivity index (χ3n) is 1.50. The van der Waals surface area contributed by atoms with Gasteiger partial charge in [-0.1, -0.05) is 44.2 Å². The van der Waals surface area contributed by atoms with Gasteiger partial charge in [-0.15, -0.1) is 0 Å². The van der Waals surface area contributed by atoms with Crippen molar-refractivity contribution >= 4 is 5.97 Å². The van der Waals surface area contributed by atoms with Crippen molar-refractivity contribution in [1.29, 1.82) is 0 Å². The third-order valence-corrected chi connectivity index (χ3v) is 1.50. The van der Waals surface area contributed by atoms with Gasteiger partial charge in [0, 0.05) is 0 Å². The molecule has 2 heteroatoms. The summed E-state index contributed by atoms with van der Waals surface area (Å²) in [7, 11) is 0. The lowest BCUT2D eigenvalue weighted by Gasteiger charge is -2.00. The molecule has 0 aliphatic carbocycles. The van der Waals surface area contributed by atoms with Crippen LogP contribution in [0.2, 0.25) is 0 Å². The largest absolute Gasteiger partial charge is 0.466 e. The lowest BCUT2D eigenvalue weighted by Crippen LogP contribution is -2.06. The summed E-state index contributed by atoms with van der Waals surface area (Å²) in [5.74, 6) is -0.163. The summed E-state index contributed by atoms with van der Waals surface area (Å²) in [6.45, 7) is 6.26. The smallest absolute Gasteiger partial charge is 0.310 e. The second kappa shape index (κ2) is 8.30. The Hall–Kier alpha value is -1.31. The summed E-state index contributed by atoms with van der Waals surface area (Å²) in [5.41, 5.74) is 0.996. The van der Waals surface area contributed by atoms with E-state index in [0.29, 0.717) is 13.0 Å². The van der Waals surface area contributed by atoms with Crippen molar-refractivity contribution in [2.45, 2.75) is 27.2 Å². The van der Waals surface area contributed by atoms with Gasteiger partial charge in [0.15, 0.2) is 0 Å². The first-order valence-corrected chi connectivity index (χ1v) is 5.02. The molecule has 0 N–H and O–H groups in total. The van der Waals surface area contributed by atoms with E-state index in [4.69, 9.17) is 4.74 Å². The van der Waals surface area contributed by atoms with Crippen LogP contribution in [0.25, 0.3) is 0 Å². The fourth-order valence-corrected chi connectivity index (χ4v) is 0.975. The highest BCUT2D eigenvalue weighted by molar-refractivity contribution is 5.72. The zero-order valence-corrected chi connectivity index (χ0v) is 9.12. The molecule has 2 nitrogen and oxygen atoms in total. The Kier molecular flexibility index (Phi) is 7.52. The Morgan fingerprint density at radius 1 is 1.21 bits per heavy atom. The van der Waals surface area contributed by atoms with Crippen molar-refractivity contribution in [3.8, 4) is 0 Å². The van der Waals surface area contributed by atoms with E-state index in [-0.39, 0.29) is 5.97 Å². The molecule has 0 unspecified atom stereocenters. The maximum absolute atomic E-state index is 11.0. The molecule has 0 atom stereocenters. The van der Waals surface area contributed by atoms with Gasteiger partial charge in [-0.05, 0) is 12.5 Å².